The summed E-state index contributed by atoms with van der Waals surface area (Å²) < 4.78 is 0. The number of nitrogens with zero attached hydrogens (tertiary/aromatic N) is 1. The molecule has 0 saturated carbocycles. The van der Waals surface area contributed by atoms with E-state index < -0.39 is 0 Å². The van der Waals surface area contributed by atoms with Crippen molar-refractivity contribution in [1.29, 1.82) is 0 Å². The van der Waals surface area contributed by atoms with E-state index in [9.17, 15) is 9.59 Å². The van der Waals surface area contributed by atoms with E-state index in [0.717, 1.165) is 58.3 Å². The van der Waals surface area contributed by atoms with E-state index in [0.29, 0.717) is 6.42 Å². The first-order chi connectivity index (χ1) is 10.1. The molecule has 0 spiro atoms. The lowest BCUT2D eigenvalue weighted by Crippen LogP contribution is -2.49. The summed E-state index contributed by atoms with van der Waals surface area (Å²) in [6.45, 7) is 7.75. The Kier molecular flexibility index (Phi) is 7.63. The molecule has 2 N–H and O–H groups in total. The van der Waals surface area contributed by atoms with E-state index in [4.69, 9.17) is 0 Å². The highest BCUT2D eigenvalue weighted by Crippen LogP contribution is 2.27. The Morgan fingerprint density at radius 3 is 2.64 bits per heavy atom. The first-order valence-electron chi connectivity index (χ1n) is 8.34. The predicted octanol–water partition coefficient (Wildman–Crippen LogP) is 1.71. The van der Waals surface area contributed by atoms with E-state index in [-0.39, 0.29) is 35.7 Å². The van der Waals surface area contributed by atoms with Crippen LogP contribution in [0.15, 0.2) is 0 Å². The first kappa shape index (κ1) is 19.2. The van der Waals surface area contributed by atoms with Crippen LogP contribution in [0, 0.1) is 5.41 Å². The summed E-state index contributed by atoms with van der Waals surface area (Å²) in [5.74, 6) is 0.167. The van der Waals surface area contributed by atoms with Crippen molar-refractivity contribution in [2.75, 3.05) is 26.2 Å². The fourth-order valence-corrected chi connectivity index (χ4v) is 3.32. The third-order valence-electron chi connectivity index (χ3n) is 4.84. The molecule has 5 nitrogen and oxygen atoms in total. The van der Waals surface area contributed by atoms with Gasteiger partial charge in [-0.1, -0.05) is 13.8 Å². The molecule has 1 unspecified atom stereocenters. The Balaban J connectivity index is 0.00000242. The van der Waals surface area contributed by atoms with Crippen LogP contribution in [0.2, 0.25) is 0 Å². The second-order valence-electron chi connectivity index (χ2n) is 6.77. The summed E-state index contributed by atoms with van der Waals surface area (Å²) in [6.07, 6.45) is 5.32. The molecular weight excluding hydrogens is 302 g/mol. The van der Waals surface area contributed by atoms with Gasteiger partial charge < -0.3 is 15.5 Å². The van der Waals surface area contributed by atoms with Crippen LogP contribution >= 0.6 is 12.4 Å². The maximum Gasteiger partial charge on any atom is 0.242 e. The number of nitrogens with one attached hydrogen (secondary N) is 2. The summed E-state index contributed by atoms with van der Waals surface area (Å²) in [6, 6.07) is -0.241. The van der Waals surface area contributed by atoms with Crippen LogP contribution in [-0.2, 0) is 9.59 Å². The largest absolute Gasteiger partial charge is 0.354 e. The van der Waals surface area contributed by atoms with E-state index in [2.05, 4.69) is 17.6 Å². The number of hydrogen-bond acceptors (Lipinski definition) is 3. The molecule has 0 aromatic carbocycles. The Bertz CT molecular complexity index is 384. The molecule has 128 valence electrons. The highest BCUT2D eigenvalue weighted by molar-refractivity contribution is 5.88. The van der Waals surface area contributed by atoms with Crippen molar-refractivity contribution in [3.63, 3.8) is 0 Å². The van der Waals surface area contributed by atoms with Gasteiger partial charge in [-0.3, -0.25) is 9.59 Å². The van der Waals surface area contributed by atoms with Gasteiger partial charge in [0.05, 0.1) is 0 Å². The zero-order chi connectivity index (χ0) is 15.3. The average Bonchev–Trinajstić information content (AvgIpc) is 2.95. The predicted molar refractivity (Wildman–Crippen MR) is 90.1 cm³/mol. The van der Waals surface area contributed by atoms with Gasteiger partial charge in [0, 0.05) is 19.5 Å². The number of piperidine rings is 1. The van der Waals surface area contributed by atoms with Gasteiger partial charge in [-0.15, -0.1) is 12.4 Å². The minimum Gasteiger partial charge on any atom is -0.354 e. The minimum atomic E-state index is -0.241. The monoisotopic (exact) mass is 331 g/mol. The first-order valence-corrected chi connectivity index (χ1v) is 8.34. The Hall–Kier alpha value is -0.810. The number of amides is 2. The number of hydrogen-bond donors (Lipinski definition) is 2. The second-order valence-corrected chi connectivity index (χ2v) is 6.77. The van der Waals surface area contributed by atoms with Crippen molar-refractivity contribution in [2.24, 2.45) is 5.41 Å². The molecule has 0 bridgehead atoms. The average molecular weight is 332 g/mol. The highest BCUT2D eigenvalue weighted by atomic mass is 35.5. The molecule has 2 saturated heterocycles. The van der Waals surface area contributed by atoms with Gasteiger partial charge in [0.1, 0.15) is 6.04 Å². The lowest BCUT2D eigenvalue weighted by Gasteiger charge is -2.35. The quantitative estimate of drug-likeness (QED) is 0.806. The van der Waals surface area contributed by atoms with Gasteiger partial charge in [0.15, 0.2) is 0 Å². The fourth-order valence-electron chi connectivity index (χ4n) is 3.32. The minimum absolute atomic E-state index is 0. The molecule has 6 heteroatoms. The van der Waals surface area contributed by atoms with E-state index in [1.807, 2.05) is 6.92 Å². The SMILES string of the molecule is CCCC(=O)N1CCCC1C(=O)NCC1(C)CCNCC1.Cl. The lowest BCUT2D eigenvalue weighted by atomic mass is 9.81. The maximum atomic E-state index is 12.4. The maximum absolute atomic E-state index is 12.4. The molecule has 2 aliphatic rings. The summed E-state index contributed by atoms with van der Waals surface area (Å²) in [7, 11) is 0. The van der Waals surface area contributed by atoms with Crippen molar-refractivity contribution in [1.82, 2.24) is 15.5 Å². The molecule has 0 aromatic heterocycles. The van der Waals surface area contributed by atoms with Crippen molar-refractivity contribution in [3.05, 3.63) is 0 Å². The number of halogens is 1. The van der Waals surface area contributed by atoms with Crippen LogP contribution in [0.5, 0.6) is 0 Å². The summed E-state index contributed by atoms with van der Waals surface area (Å²) in [5.41, 5.74) is 0.192. The van der Waals surface area contributed by atoms with Gasteiger partial charge in [-0.25, -0.2) is 0 Å². The topological polar surface area (TPSA) is 61.4 Å². The van der Waals surface area contributed by atoms with Crippen molar-refractivity contribution in [3.8, 4) is 0 Å². The molecule has 0 aliphatic carbocycles. The third kappa shape index (κ3) is 4.85. The van der Waals surface area contributed by atoms with Crippen LogP contribution in [0.3, 0.4) is 0 Å². The molecule has 2 aliphatic heterocycles. The molecule has 2 heterocycles. The standard InChI is InChI=1S/C16H29N3O2.ClH/c1-3-5-14(20)19-11-4-6-13(19)15(21)18-12-16(2)7-9-17-10-8-16;/h13,17H,3-12H2,1-2H3,(H,18,21);1H. The van der Waals surface area contributed by atoms with Gasteiger partial charge in [0.2, 0.25) is 11.8 Å². The number of carbonyl (C=O) groups is 2. The van der Waals surface area contributed by atoms with Gasteiger partial charge >= 0.3 is 0 Å². The van der Waals surface area contributed by atoms with Gasteiger partial charge in [-0.2, -0.15) is 0 Å². The Labute approximate surface area is 140 Å². The van der Waals surface area contributed by atoms with Crippen LogP contribution < -0.4 is 10.6 Å². The smallest absolute Gasteiger partial charge is 0.242 e. The van der Waals surface area contributed by atoms with Gasteiger partial charge in [-0.05, 0) is 50.6 Å². The second kappa shape index (κ2) is 8.73. The van der Waals surface area contributed by atoms with Gasteiger partial charge in [0.25, 0.3) is 0 Å². The van der Waals surface area contributed by atoms with Crippen LogP contribution in [-0.4, -0.2) is 48.9 Å². The van der Waals surface area contributed by atoms with E-state index in [1.54, 1.807) is 4.90 Å². The molecule has 2 fully saturated rings. The zero-order valence-electron chi connectivity index (χ0n) is 13.8. The number of likely N-dealkylation sites (tertiary alicyclic amines) is 1. The van der Waals surface area contributed by atoms with Crippen molar-refractivity contribution >= 4 is 24.2 Å². The normalized spacial score (nSPS) is 23.7. The fraction of sp³-hybridized carbons (Fsp3) is 0.875. The van der Waals surface area contributed by atoms with Crippen LogP contribution in [0.25, 0.3) is 0 Å². The Morgan fingerprint density at radius 2 is 2.00 bits per heavy atom. The third-order valence-corrected chi connectivity index (χ3v) is 4.84. The zero-order valence-corrected chi connectivity index (χ0v) is 14.6. The van der Waals surface area contributed by atoms with Crippen molar-refractivity contribution < 1.29 is 9.59 Å². The molecule has 1 atom stereocenters. The molecule has 2 amide bonds. The summed E-state index contributed by atoms with van der Waals surface area (Å²) >= 11 is 0. The lowest BCUT2D eigenvalue weighted by molar-refractivity contribution is -0.138. The summed E-state index contributed by atoms with van der Waals surface area (Å²) in [4.78, 5) is 26.3. The highest BCUT2D eigenvalue weighted by Gasteiger charge is 2.35. The van der Waals surface area contributed by atoms with E-state index >= 15 is 0 Å². The molecule has 22 heavy (non-hydrogen) atoms. The van der Waals surface area contributed by atoms with Crippen molar-refractivity contribution in [2.45, 2.75) is 58.4 Å². The van der Waals surface area contributed by atoms with E-state index in [1.165, 1.54) is 0 Å². The molecule has 0 aromatic rings. The number of carbonyl (C=O) groups excluding carboxylic acids is 2. The molecule has 0 radical (unpaired) electrons. The van der Waals surface area contributed by atoms with Crippen LogP contribution in [0.4, 0.5) is 0 Å². The summed E-state index contributed by atoms with van der Waals surface area (Å²) in [5, 5.41) is 6.45. The molecule has 2 rings (SSSR count). The molecular formula is C16H30ClN3O2. The Morgan fingerprint density at radius 1 is 1.32 bits per heavy atom. The van der Waals surface area contributed by atoms with Crippen LogP contribution in [0.1, 0.15) is 52.4 Å². The number of rotatable bonds is 5.